The number of rotatable bonds is 6. The van der Waals surface area contributed by atoms with Crippen LogP contribution in [0.2, 0.25) is 0 Å². The van der Waals surface area contributed by atoms with Crippen LogP contribution in [0.15, 0.2) is 12.4 Å². The third kappa shape index (κ3) is 2.82. The fourth-order valence-corrected chi connectivity index (χ4v) is 1.88. The van der Waals surface area contributed by atoms with Crippen molar-refractivity contribution in [1.29, 1.82) is 0 Å². The summed E-state index contributed by atoms with van der Waals surface area (Å²) in [5, 5.41) is 18.8. The molecule has 1 unspecified atom stereocenters. The smallest absolute Gasteiger partial charge is 0.342 e. The van der Waals surface area contributed by atoms with Gasteiger partial charge in [0.1, 0.15) is 12.7 Å². The Labute approximate surface area is 115 Å². The van der Waals surface area contributed by atoms with Crippen molar-refractivity contribution in [2.75, 3.05) is 0 Å². The number of aryl methyl sites for hydroxylation is 2. The Morgan fingerprint density at radius 2 is 2.25 bits per heavy atom. The molecule has 1 atom stereocenters. The molecule has 0 spiro atoms. The lowest BCUT2D eigenvalue weighted by Gasteiger charge is -2.03. The van der Waals surface area contributed by atoms with E-state index in [-0.39, 0.29) is 11.9 Å². The third-order valence-corrected chi connectivity index (χ3v) is 3.15. The van der Waals surface area contributed by atoms with Crippen LogP contribution in [0, 0.1) is 17.0 Å². The zero-order chi connectivity index (χ0) is 14.7. The highest BCUT2D eigenvalue weighted by atomic mass is 16.6. The van der Waals surface area contributed by atoms with Crippen LogP contribution in [0.3, 0.4) is 0 Å². The van der Waals surface area contributed by atoms with E-state index in [2.05, 4.69) is 15.3 Å². The number of hydrogen-bond donors (Lipinski definition) is 1. The maximum Gasteiger partial charge on any atom is 0.342 e. The van der Waals surface area contributed by atoms with Crippen LogP contribution < -0.4 is 5.73 Å². The summed E-state index contributed by atoms with van der Waals surface area (Å²) in [6.07, 6.45) is 3.81. The van der Waals surface area contributed by atoms with E-state index in [4.69, 9.17) is 5.73 Å². The predicted octanol–water partition coefficient (Wildman–Crippen LogP) is 0.801. The molecule has 2 rings (SSSR count). The highest BCUT2D eigenvalue weighted by Crippen LogP contribution is 2.14. The molecule has 0 amide bonds. The fraction of sp³-hybridized carbons (Fsp3) is 0.545. The average molecular weight is 279 g/mol. The topological polar surface area (TPSA) is 118 Å². The minimum Gasteiger partial charge on any atom is -0.358 e. The van der Waals surface area contributed by atoms with Gasteiger partial charge in [0.2, 0.25) is 0 Å². The molecule has 2 aromatic rings. The second-order valence-electron chi connectivity index (χ2n) is 4.49. The summed E-state index contributed by atoms with van der Waals surface area (Å²) in [6, 6.07) is -0.131. The molecule has 2 heterocycles. The van der Waals surface area contributed by atoms with Gasteiger partial charge in [0.05, 0.1) is 24.5 Å². The van der Waals surface area contributed by atoms with Gasteiger partial charge < -0.3 is 15.8 Å². The van der Waals surface area contributed by atoms with E-state index in [1.807, 2.05) is 6.92 Å². The van der Waals surface area contributed by atoms with Gasteiger partial charge in [-0.05, 0) is 11.3 Å². The lowest BCUT2D eigenvalue weighted by atomic mass is 10.2. The monoisotopic (exact) mass is 279 g/mol. The molecule has 0 bridgehead atoms. The minimum absolute atomic E-state index is 0.0203. The molecular formula is C11H17N7O2. The van der Waals surface area contributed by atoms with Gasteiger partial charge in [-0.3, -0.25) is 0 Å². The van der Waals surface area contributed by atoms with Crippen molar-refractivity contribution in [1.82, 2.24) is 24.5 Å². The Hall–Kier alpha value is -2.29. The minimum atomic E-state index is -0.445. The van der Waals surface area contributed by atoms with Crippen molar-refractivity contribution in [3.8, 4) is 0 Å². The second-order valence-corrected chi connectivity index (χ2v) is 4.49. The summed E-state index contributed by atoms with van der Waals surface area (Å²) < 4.78 is 3.18. The summed E-state index contributed by atoms with van der Waals surface area (Å²) in [7, 11) is 0. The highest BCUT2D eigenvalue weighted by Gasteiger charge is 2.17. The molecule has 0 radical (unpaired) electrons. The van der Waals surface area contributed by atoms with Gasteiger partial charge in [-0.1, -0.05) is 12.1 Å². The molecule has 9 nitrogen and oxygen atoms in total. The summed E-state index contributed by atoms with van der Waals surface area (Å²) in [5.41, 5.74) is 6.59. The molecule has 0 aromatic carbocycles. The molecule has 0 saturated carbocycles. The highest BCUT2D eigenvalue weighted by molar-refractivity contribution is 5.18. The molecule has 9 heteroatoms. The van der Waals surface area contributed by atoms with Gasteiger partial charge in [-0.2, -0.15) is 0 Å². The Morgan fingerprint density at radius 3 is 2.90 bits per heavy atom. The van der Waals surface area contributed by atoms with Crippen LogP contribution in [0.5, 0.6) is 0 Å². The van der Waals surface area contributed by atoms with Crippen molar-refractivity contribution >= 4 is 5.82 Å². The first-order valence-electron chi connectivity index (χ1n) is 6.35. The maximum atomic E-state index is 10.9. The second kappa shape index (κ2) is 5.78. The van der Waals surface area contributed by atoms with Crippen LogP contribution in [0.25, 0.3) is 0 Å². The predicted molar refractivity (Wildman–Crippen MR) is 70.9 cm³/mol. The lowest BCUT2D eigenvalue weighted by molar-refractivity contribution is -0.392. The Balaban J connectivity index is 2.07. The number of imidazole rings is 1. The van der Waals surface area contributed by atoms with Crippen molar-refractivity contribution in [3.63, 3.8) is 0 Å². The van der Waals surface area contributed by atoms with Crippen LogP contribution in [0.4, 0.5) is 5.82 Å². The van der Waals surface area contributed by atoms with Gasteiger partial charge >= 0.3 is 5.82 Å². The van der Waals surface area contributed by atoms with E-state index in [0.29, 0.717) is 18.9 Å². The van der Waals surface area contributed by atoms with Crippen LogP contribution in [-0.2, 0) is 13.1 Å². The van der Waals surface area contributed by atoms with E-state index in [1.54, 1.807) is 22.4 Å². The summed E-state index contributed by atoms with van der Waals surface area (Å²) in [5.74, 6) is 0.579. The van der Waals surface area contributed by atoms with Gasteiger partial charge in [0, 0.05) is 6.92 Å². The van der Waals surface area contributed by atoms with Crippen LogP contribution >= 0.6 is 0 Å². The first-order valence-corrected chi connectivity index (χ1v) is 6.35. The molecule has 108 valence electrons. The standard InChI is InChI=1S/C11H17N7O2/c1-3-9(12)10-7-16(15-14-10)4-5-17-8(2)13-6-11(17)18(19)20/h6-7,9H,3-5,12H2,1-2H3. The molecule has 2 aromatic heterocycles. The zero-order valence-corrected chi connectivity index (χ0v) is 11.4. The quantitative estimate of drug-likeness (QED) is 0.617. The normalized spacial score (nSPS) is 12.6. The first-order chi connectivity index (χ1) is 9.52. The Kier molecular flexibility index (Phi) is 4.08. The van der Waals surface area contributed by atoms with E-state index in [9.17, 15) is 10.1 Å². The SMILES string of the molecule is CCC(N)c1cn(CCn2c([N+](=O)[O-])cnc2C)nn1. The molecular weight excluding hydrogens is 262 g/mol. The fourth-order valence-electron chi connectivity index (χ4n) is 1.88. The van der Waals surface area contributed by atoms with E-state index >= 15 is 0 Å². The third-order valence-electron chi connectivity index (χ3n) is 3.15. The van der Waals surface area contributed by atoms with Crippen molar-refractivity contribution in [3.05, 3.63) is 34.0 Å². The van der Waals surface area contributed by atoms with Gasteiger partial charge in [0.15, 0.2) is 5.82 Å². The molecule has 0 aliphatic heterocycles. The van der Waals surface area contributed by atoms with E-state index in [0.717, 1.165) is 12.1 Å². The average Bonchev–Trinajstić information content (AvgIpc) is 3.02. The molecule has 0 saturated heterocycles. The number of hydrogen-bond acceptors (Lipinski definition) is 6. The molecule has 0 aliphatic rings. The molecule has 20 heavy (non-hydrogen) atoms. The van der Waals surface area contributed by atoms with Gasteiger partial charge in [-0.15, -0.1) is 5.10 Å². The summed E-state index contributed by atoms with van der Waals surface area (Å²) in [4.78, 5) is 14.4. The number of aromatic nitrogens is 5. The van der Waals surface area contributed by atoms with Crippen molar-refractivity contribution < 1.29 is 4.92 Å². The van der Waals surface area contributed by atoms with Crippen molar-refractivity contribution in [2.24, 2.45) is 5.73 Å². The zero-order valence-electron chi connectivity index (χ0n) is 11.4. The molecule has 2 N–H and O–H groups in total. The summed E-state index contributed by atoms with van der Waals surface area (Å²) >= 11 is 0. The number of nitrogens with two attached hydrogens (primary N) is 1. The van der Waals surface area contributed by atoms with E-state index < -0.39 is 4.92 Å². The summed E-state index contributed by atoms with van der Waals surface area (Å²) in [6.45, 7) is 4.59. The van der Waals surface area contributed by atoms with Gasteiger partial charge in [-0.25, -0.2) is 14.2 Å². The number of nitro groups is 1. The number of nitrogens with zero attached hydrogens (tertiary/aromatic N) is 6. The lowest BCUT2D eigenvalue weighted by Crippen LogP contribution is -2.11. The maximum absolute atomic E-state index is 10.9. The van der Waals surface area contributed by atoms with Gasteiger partial charge in [0.25, 0.3) is 0 Å². The van der Waals surface area contributed by atoms with Crippen LogP contribution in [-0.4, -0.2) is 29.5 Å². The van der Waals surface area contributed by atoms with Crippen LogP contribution in [0.1, 0.15) is 30.9 Å². The largest absolute Gasteiger partial charge is 0.358 e. The van der Waals surface area contributed by atoms with Crippen molar-refractivity contribution in [2.45, 2.75) is 39.4 Å². The first kappa shape index (κ1) is 14.1. The van der Waals surface area contributed by atoms with E-state index in [1.165, 1.54) is 6.20 Å². The molecule has 0 fully saturated rings. The molecule has 0 aliphatic carbocycles. The Morgan fingerprint density at radius 1 is 1.50 bits per heavy atom. The Bertz CT molecular complexity index is 604.